The van der Waals surface area contributed by atoms with E-state index in [1.807, 2.05) is 6.20 Å². The van der Waals surface area contributed by atoms with Crippen LogP contribution in [0, 0.1) is 6.92 Å². The fraction of sp³-hybridized carbons (Fsp3) is 0.722. The number of methoxy groups -OCH3 is 1. The number of aryl methyl sites for hydroxylation is 1. The number of nitrogens with one attached hydrogen (secondary N) is 2. The van der Waals surface area contributed by atoms with Crippen LogP contribution in [0.1, 0.15) is 16.8 Å². The molecule has 2 heterocycles. The molecule has 2 rings (SSSR count). The largest absolute Gasteiger partial charge is 0.383 e. The third kappa shape index (κ3) is 7.82. The summed E-state index contributed by atoms with van der Waals surface area (Å²) in [6, 6.07) is 0. The highest BCUT2D eigenvalue weighted by molar-refractivity contribution is 7.11. The first-order chi connectivity index (χ1) is 13.1. The summed E-state index contributed by atoms with van der Waals surface area (Å²) in [6.45, 7) is 10.7. The molecule has 9 heteroatoms. The molecular formula is C18H32N6O2S. The van der Waals surface area contributed by atoms with Gasteiger partial charge in [0, 0.05) is 70.4 Å². The van der Waals surface area contributed by atoms with Crippen molar-refractivity contribution in [2.75, 3.05) is 66.1 Å². The van der Waals surface area contributed by atoms with Crippen molar-refractivity contribution in [1.82, 2.24) is 25.4 Å². The number of thiazole rings is 1. The van der Waals surface area contributed by atoms with Crippen molar-refractivity contribution in [1.29, 1.82) is 0 Å². The zero-order valence-corrected chi connectivity index (χ0v) is 17.5. The second kappa shape index (κ2) is 11.9. The molecule has 2 N–H and O–H groups in total. The lowest BCUT2D eigenvalue weighted by Gasteiger charge is -2.36. The van der Waals surface area contributed by atoms with Crippen LogP contribution in [0.15, 0.2) is 11.2 Å². The predicted octanol–water partition coefficient (Wildman–Crippen LogP) is 0.340. The summed E-state index contributed by atoms with van der Waals surface area (Å²) < 4.78 is 4.95. The molecule has 0 aromatic carbocycles. The maximum atomic E-state index is 11.9. The van der Waals surface area contributed by atoms with Gasteiger partial charge in [0.25, 0.3) is 0 Å². The number of hydrogen-bond acceptors (Lipinski definition) is 6. The number of carbonyl (C=O) groups excluding carboxylic acids is 1. The molecule has 8 nitrogen and oxygen atoms in total. The van der Waals surface area contributed by atoms with Crippen molar-refractivity contribution in [3.8, 4) is 0 Å². The van der Waals surface area contributed by atoms with Crippen molar-refractivity contribution in [2.24, 2.45) is 4.99 Å². The molecule has 1 aliphatic rings. The van der Waals surface area contributed by atoms with Crippen molar-refractivity contribution < 1.29 is 9.53 Å². The summed E-state index contributed by atoms with van der Waals surface area (Å²) in [5, 5.41) is 7.39. The van der Waals surface area contributed by atoms with Gasteiger partial charge in [0.1, 0.15) is 0 Å². The number of rotatable bonds is 9. The topological polar surface area (TPSA) is 82.1 Å². The lowest BCUT2D eigenvalue weighted by Crippen LogP contribution is -2.54. The molecule has 1 amide bonds. The highest BCUT2D eigenvalue weighted by atomic mass is 32.1. The molecule has 0 spiro atoms. The average molecular weight is 397 g/mol. The van der Waals surface area contributed by atoms with Crippen LogP contribution >= 0.6 is 11.3 Å². The monoisotopic (exact) mass is 396 g/mol. The summed E-state index contributed by atoms with van der Waals surface area (Å²) in [5.74, 6) is 1.01. The maximum absolute atomic E-state index is 11.9. The molecule has 0 aliphatic carbocycles. The molecule has 1 fully saturated rings. The second-order valence-electron chi connectivity index (χ2n) is 6.46. The Bertz CT molecular complexity index is 598. The van der Waals surface area contributed by atoms with E-state index in [9.17, 15) is 4.79 Å². The number of amides is 1. The van der Waals surface area contributed by atoms with Crippen LogP contribution in [0.4, 0.5) is 0 Å². The predicted molar refractivity (Wildman–Crippen MR) is 109 cm³/mol. The molecule has 1 saturated heterocycles. The van der Waals surface area contributed by atoms with Crippen LogP contribution in [-0.2, 0) is 16.0 Å². The molecule has 1 aromatic rings. The Labute approximate surface area is 166 Å². The van der Waals surface area contributed by atoms with Gasteiger partial charge >= 0.3 is 0 Å². The van der Waals surface area contributed by atoms with E-state index in [-0.39, 0.29) is 5.91 Å². The number of hydrogen-bond donors (Lipinski definition) is 2. The molecule has 0 atom stereocenters. The van der Waals surface area contributed by atoms with Gasteiger partial charge in [-0.05, 0) is 13.8 Å². The molecule has 0 saturated carbocycles. The van der Waals surface area contributed by atoms with Crippen LogP contribution in [0.25, 0.3) is 0 Å². The molecule has 152 valence electrons. The molecule has 27 heavy (non-hydrogen) atoms. The van der Waals surface area contributed by atoms with Gasteiger partial charge in [-0.1, -0.05) is 0 Å². The number of aromatic nitrogens is 1. The van der Waals surface area contributed by atoms with Crippen LogP contribution in [0.5, 0.6) is 0 Å². The minimum absolute atomic E-state index is 0.0554. The number of guanidine groups is 1. The van der Waals surface area contributed by atoms with Gasteiger partial charge in [-0.3, -0.25) is 14.7 Å². The van der Waals surface area contributed by atoms with Crippen LogP contribution in [0.2, 0.25) is 0 Å². The Morgan fingerprint density at radius 1 is 1.33 bits per heavy atom. The first-order valence-electron chi connectivity index (χ1n) is 9.55. The SMILES string of the molecule is CCNC(=NCCc1ncc(C)s1)N1CCN(CC(=O)NCCOC)CC1. The lowest BCUT2D eigenvalue weighted by molar-refractivity contribution is -0.122. The number of nitrogens with zero attached hydrogens (tertiary/aromatic N) is 4. The quantitative estimate of drug-likeness (QED) is 0.356. The molecule has 0 bridgehead atoms. The van der Waals surface area contributed by atoms with Crippen LogP contribution < -0.4 is 10.6 Å². The Morgan fingerprint density at radius 2 is 2.11 bits per heavy atom. The normalized spacial score (nSPS) is 15.8. The average Bonchev–Trinajstić information content (AvgIpc) is 3.07. The summed E-state index contributed by atoms with van der Waals surface area (Å²) in [4.78, 5) is 26.8. The van der Waals surface area contributed by atoms with Crippen molar-refractivity contribution in [3.63, 3.8) is 0 Å². The van der Waals surface area contributed by atoms with E-state index < -0.39 is 0 Å². The van der Waals surface area contributed by atoms with Gasteiger partial charge in [0.2, 0.25) is 5.91 Å². The zero-order chi connectivity index (χ0) is 19.5. The van der Waals surface area contributed by atoms with Gasteiger partial charge in [-0.25, -0.2) is 4.98 Å². The minimum Gasteiger partial charge on any atom is -0.383 e. The zero-order valence-electron chi connectivity index (χ0n) is 16.7. The lowest BCUT2D eigenvalue weighted by atomic mass is 10.3. The molecule has 0 radical (unpaired) electrons. The maximum Gasteiger partial charge on any atom is 0.234 e. The summed E-state index contributed by atoms with van der Waals surface area (Å²) in [7, 11) is 1.63. The summed E-state index contributed by atoms with van der Waals surface area (Å²) in [5.41, 5.74) is 0. The van der Waals surface area contributed by atoms with E-state index in [4.69, 9.17) is 9.73 Å². The first-order valence-corrected chi connectivity index (χ1v) is 10.4. The van der Waals surface area contributed by atoms with Crippen molar-refractivity contribution in [2.45, 2.75) is 20.3 Å². The van der Waals surface area contributed by atoms with Gasteiger partial charge < -0.3 is 20.3 Å². The van der Waals surface area contributed by atoms with E-state index in [2.05, 4.69) is 39.3 Å². The van der Waals surface area contributed by atoms with Crippen molar-refractivity contribution >= 4 is 23.2 Å². The number of piperazine rings is 1. The molecule has 0 unspecified atom stereocenters. The first kappa shape index (κ1) is 21.6. The smallest absolute Gasteiger partial charge is 0.234 e. The van der Waals surface area contributed by atoms with Crippen molar-refractivity contribution in [3.05, 3.63) is 16.1 Å². The second-order valence-corrected chi connectivity index (χ2v) is 7.78. The highest BCUT2D eigenvalue weighted by Crippen LogP contribution is 2.11. The van der Waals surface area contributed by atoms with Gasteiger partial charge in [0.05, 0.1) is 18.2 Å². The van der Waals surface area contributed by atoms with E-state index in [0.717, 1.165) is 56.7 Å². The molecule has 1 aromatic heterocycles. The Hall–Kier alpha value is -1.71. The van der Waals surface area contributed by atoms with E-state index in [1.165, 1.54) is 4.88 Å². The van der Waals surface area contributed by atoms with Gasteiger partial charge in [-0.2, -0.15) is 0 Å². The fourth-order valence-electron chi connectivity index (χ4n) is 2.87. The van der Waals surface area contributed by atoms with Gasteiger partial charge in [-0.15, -0.1) is 11.3 Å². The highest BCUT2D eigenvalue weighted by Gasteiger charge is 2.21. The standard InChI is InChI=1S/C18H32N6O2S/c1-4-19-18(21-6-5-17-22-13-15(2)27-17)24-10-8-23(9-11-24)14-16(25)20-7-12-26-3/h13H,4-12,14H2,1-3H3,(H,19,21)(H,20,25). The van der Waals surface area contributed by atoms with Crippen LogP contribution in [-0.4, -0.2) is 92.7 Å². The molecule has 1 aliphatic heterocycles. The number of ether oxygens (including phenoxy) is 1. The number of carbonyl (C=O) groups is 1. The molecular weight excluding hydrogens is 364 g/mol. The third-order valence-electron chi connectivity index (χ3n) is 4.26. The van der Waals surface area contributed by atoms with Gasteiger partial charge in [0.15, 0.2) is 5.96 Å². The Kier molecular flexibility index (Phi) is 9.51. The summed E-state index contributed by atoms with van der Waals surface area (Å²) in [6.07, 6.45) is 2.79. The van der Waals surface area contributed by atoms with E-state index >= 15 is 0 Å². The van der Waals surface area contributed by atoms with Crippen LogP contribution in [0.3, 0.4) is 0 Å². The van der Waals surface area contributed by atoms with E-state index in [1.54, 1.807) is 18.4 Å². The Morgan fingerprint density at radius 3 is 2.74 bits per heavy atom. The number of aliphatic imine (C=N–C) groups is 1. The fourth-order valence-corrected chi connectivity index (χ4v) is 3.65. The minimum atomic E-state index is 0.0554. The third-order valence-corrected chi connectivity index (χ3v) is 5.23. The Balaban J connectivity index is 1.76. The van der Waals surface area contributed by atoms with E-state index in [0.29, 0.717) is 19.7 Å². The summed E-state index contributed by atoms with van der Waals surface area (Å²) >= 11 is 1.73.